The first-order valence-electron chi connectivity index (χ1n) is 5.86. The van der Waals surface area contributed by atoms with Gasteiger partial charge in [-0.3, -0.25) is 0 Å². The van der Waals surface area contributed by atoms with Crippen molar-refractivity contribution in [3.63, 3.8) is 0 Å². The van der Waals surface area contributed by atoms with Crippen LogP contribution < -0.4 is 5.32 Å². The van der Waals surface area contributed by atoms with Gasteiger partial charge in [0.25, 0.3) is 0 Å². The van der Waals surface area contributed by atoms with E-state index in [0.29, 0.717) is 5.92 Å². The second kappa shape index (κ2) is 8.10. The van der Waals surface area contributed by atoms with Gasteiger partial charge in [-0.15, -0.1) is 0 Å². The highest BCUT2D eigenvalue weighted by Crippen LogP contribution is 2.26. The molecule has 0 spiro atoms. The van der Waals surface area contributed by atoms with Crippen molar-refractivity contribution in [1.29, 1.82) is 0 Å². The van der Waals surface area contributed by atoms with E-state index in [-0.39, 0.29) is 0 Å². The third-order valence-electron chi connectivity index (χ3n) is 2.09. The van der Waals surface area contributed by atoms with E-state index in [4.69, 9.17) is 0 Å². The van der Waals surface area contributed by atoms with E-state index in [1.54, 1.807) is 0 Å². The summed E-state index contributed by atoms with van der Waals surface area (Å²) in [5.74, 6) is 0.491. The minimum absolute atomic E-state index is 0.491. The fraction of sp³-hybridized carbons (Fsp3) is 0.429. The zero-order chi connectivity index (χ0) is 11.7. The van der Waals surface area contributed by atoms with Crippen LogP contribution in [0.2, 0.25) is 0 Å². The lowest BCUT2D eigenvalue weighted by Crippen LogP contribution is -2.04. The molecule has 1 aliphatic heterocycles. The van der Waals surface area contributed by atoms with E-state index in [2.05, 4.69) is 48.8 Å². The molecule has 1 heteroatoms. The molecule has 0 saturated carbocycles. The van der Waals surface area contributed by atoms with Gasteiger partial charge in [-0.05, 0) is 18.6 Å². The van der Waals surface area contributed by atoms with Crippen LogP contribution in [0.4, 0.5) is 0 Å². The number of fused-ring (bicyclic) bond motifs is 1. The first-order chi connectivity index (χ1) is 7.38. The van der Waals surface area contributed by atoms with Gasteiger partial charge in [-0.1, -0.05) is 52.0 Å². The maximum absolute atomic E-state index is 3.24. The quantitative estimate of drug-likeness (QED) is 0.626. The monoisotopic (exact) mass is 205 g/mol. The summed E-state index contributed by atoms with van der Waals surface area (Å²) in [4.78, 5) is 0. The van der Waals surface area contributed by atoms with Crippen LogP contribution in [0, 0.1) is 5.92 Å². The number of allylic oxidation sites excluding steroid dienone is 5. The number of hydrogen-bond donors (Lipinski definition) is 1. The highest BCUT2D eigenvalue weighted by molar-refractivity contribution is 5.37. The summed E-state index contributed by atoms with van der Waals surface area (Å²) >= 11 is 0. The van der Waals surface area contributed by atoms with Crippen LogP contribution in [0.1, 0.15) is 34.6 Å². The van der Waals surface area contributed by atoms with E-state index < -0.39 is 0 Å². The Bertz CT molecular complexity index is 280. The lowest BCUT2D eigenvalue weighted by Gasteiger charge is -2.06. The van der Waals surface area contributed by atoms with Gasteiger partial charge in [-0.25, -0.2) is 0 Å². The van der Waals surface area contributed by atoms with Crippen molar-refractivity contribution in [3.05, 3.63) is 47.9 Å². The molecule has 84 valence electrons. The molecular weight excluding hydrogens is 182 g/mol. The minimum atomic E-state index is 0.491. The van der Waals surface area contributed by atoms with Crippen molar-refractivity contribution in [2.24, 2.45) is 5.92 Å². The zero-order valence-electron chi connectivity index (χ0n) is 10.5. The maximum atomic E-state index is 3.24. The van der Waals surface area contributed by atoms with Crippen LogP contribution in [-0.4, -0.2) is 0 Å². The molecule has 2 rings (SSSR count). The Morgan fingerprint density at radius 2 is 1.67 bits per heavy atom. The normalized spacial score (nSPS) is 20.5. The summed E-state index contributed by atoms with van der Waals surface area (Å²) in [6.07, 6.45) is 12.6. The standard InChI is InChI=1S/C10H11N.2C2H6/c1-8-7-11-10-6-4-2-3-5-9(8)10;2*1-2/h2-7,9,11H,1H3;2*1-2H3. The smallest absolute Gasteiger partial charge is 0.0397 e. The van der Waals surface area contributed by atoms with Crippen LogP contribution in [0.5, 0.6) is 0 Å². The molecule has 0 saturated heterocycles. The summed E-state index contributed by atoms with van der Waals surface area (Å²) in [6, 6.07) is 0. The van der Waals surface area contributed by atoms with Gasteiger partial charge in [0.1, 0.15) is 0 Å². The second-order valence-corrected chi connectivity index (χ2v) is 2.90. The van der Waals surface area contributed by atoms with Gasteiger partial charge in [-0.2, -0.15) is 0 Å². The molecule has 1 N–H and O–H groups in total. The molecule has 1 heterocycles. The van der Waals surface area contributed by atoms with E-state index in [1.165, 1.54) is 11.3 Å². The molecule has 0 aromatic heterocycles. The van der Waals surface area contributed by atoms with E-state index in [1.807, 2.05) is 27.7 Å². The van der Waals surface area contributed by atoms with Gasteiger partial charge in [0, 0.05) is 17.8 Å². The molecular formula is C14H23N. The summed E-state index contributed by atoms with van der Waals surface area (Å²) in [5.41, 5.74) is 2.67. The molecule has 0 fully saturated rings. The SMILES string of the molecule is CC.CC.CC1=CNC2=CC=CC=CC12. The van der Waals surface area contributed by atoms with Gasteiger partial charge in [0.05, 0.1) is 0 Å². The van der Waals surface area contributed by atoms with Crippen molar-refractivity contribution >= 4 is 0 Å². The fourth-order valence-corrected chi connectivity index (χ4v) is 1.43. The molecule has 0 bridgehead atoms. The highest BCUT2D eigenvalue weighted by Gasteiger charge is 2.17. The Labute approximate surface area is 94.3 Å². The third kappa shape index (κ3) is 3.78. The van der Waals surface area contributed by atoms with Crippen LogP contribution >= 0.6 is 0 Å². The second-order valence-electron chi connectivity index (χ2n) is 2.90. The molecule has 1 unspecified atom stereocenters. The third-order valence-corrected chi connectivity index (χ3v) is 2.09. The first kappa shape index (κ1) is 13.8. The van der Waals surface area contributed by atoms with Crippen molar-refractivity contribution in [3.8, 4) is 0 Å². The van der Waals surface area contributed by atoms with Crippen molar-refractivity contribution in [1.82, 2.24) is 5.32 Å². The topological polar surface area (TPSA) is 12.0 Å². The molecule has 0 aromatic rings. The summed E-state index contributed by atoms with van der Waals surface area (Å²) in [7, 11) is 0. The van der Waals surface area contributed by atoms with Gasteiger partial charge < -0.3 is 5.32 Å². The van der Waals surface area contributed by atoms with Crippen molar-refractivity contribution in [2.75, 3.05) is 0 Å². The molecule has 0 radical (unpaired) electrons. The number of rotatable bonds is 0. The molecule has 1 aliphatic carbocycles. The van der Waals surface area contributed by atoms with Crippen molar-refractivity contribution in [2.45, 2.75) is 34.6 Å². The van der Waals surface area contributed by atoms with Crippen LogP contribution in [0.3, 0.4) is 0 Å². The maximum Gasteiger partial charge on any atom is 0.0397 e. The largest absolute Gasteiger partial charge is 0.364 e. The first-order valence-corrected chi connectivity index (χ1v) is 5.86. The lowest BCUT2D eigenvalue weighted by atomic mass is 10.0. The van der Waals surface area contributed by atoms with Crippen LogP contribution in [0.15, 0.2) is 47.9 Å². The molecule has 1 atom stereocenters. The molecule has 0 aromatic carbocycles. The average Bonchev–Trinajstić information content (AvgIpc) is 2.56. The van der Waals surface area contributed by atoms with Gasteiger partial charge >= 0.3 is 0 Å². The van der Waals surface area contributed by atoms with E-state index in [9.17, 15) is 0 Å². The number of nitrogens with one attached hydrogen (secondary N) is 1. The molecule has 15 heavy (non-hydrogen) atoms. The molecule has 0 amide bonds. The van der Waals surface area contributed by atoms with Gasteiger partial charge in [0.15, 0.2) is 0 Å². The Morgan fingerprint density at radius 1 is 1.00 bits per heavy atom. The summed E-state index contributed by atoms with van der Waals surface area (Å²) in [6.45, 7) is 10.1. The zero-order valence-corrected chi connectivity index (χ0v) is 10.5. The average molecular weight is 205 g/mol. The highest BCUT2D eigenvalue weighted by atomic mass is 14.9. The van der Waals surface area contributed by atoms with Crippen molar-refractivity contribution < 1.29 is 0 Å². The number of hydrogen-bond acceptors (Lipinski definition) is 1. The summed E-state index contributed by atoms with van der Waals surface area (Å²) in [5, 5.41) is 3.24. The van der Waals surface area contributed by atoms with Gasteiger partial charge in [0.2, 0.25) is 0 Å². The Morgan fingerprint density at radius 3 is 2.33 bits per heavy atom. The molecule has 2 aliphatic rings. The van der Waals surface area contributed by atoms with E-state index >= 15 is 0 Å². The Hall–Kier alpha value is -1.24. The van der Waals surface area contributed by atoms with Crippen LogP contribution in [-0.2, 0) is 0 Å². The van der Waals surface area contributed by atoms with Crippen LogP contribution in [0.25, 0.3) is 0 Å². The summed E-state index contributed by atoms with van der Waals surface area (Å²) < 4.78 is 0. The Kier molecular flexibility index (Phi) is 7.43. The minimum Gasteiger partial charge on any atom is -0.364 e. The fourth-order valence-electron chi connectivity index (χ4n) is 1.43. The lowest BCUT2D eigenvalue weighted by molar-refractivity contribution is 0.891. The van der Waals surface area contributed by atoms with E-state index in [0.717, 1.165) is 0 Å². The molecule has 1 nitrogen and oxygen atoms in total. The predicted octanol–water partition coefficient (Wildman–Crippen LogP) is 4.17. The predicted molar refractivity (Wildman–Crippen MR) is 69.4 cm³/mol. The Balaban J connectivity index is 0.000000442.